The van der Waals surface area contributed by atoms with Gasteiger partial charge in [0.1, 0.15) is 5.82 Å². The van der Waals surface area contributed by atoms with Crippen molar-refractivity contribution >= 4 is 29.1 Å². The van der Waals surface area contributed by atoms with Crippen molar-refractivity contribution in [3.63, 3.8) is 0 Å². The van der Waals surface area contributed by atoms with E-state index in [4.69, 9.17) is 23.7 Å². The van der Waals surface area contributed by atoms with E-state index < -0.39 is 11.7 Å². The van der Waals surface area contributed by atoms with Crippen LogP contribution < -0.4 is 11.5 Å². The van der Waals surface area contributed by atoms with E-state index in [0.29, 0.717) is 23.3 Å². The Kier molecular flexibility index (Phi) is 4.34. The number of amides is 1. The van der Waals surface area contributed by atoms with Crippen LogP contribution in [0.3, 0.4) is 0 Å². The monoisotopic (exact) mass is 252 g/mol. The SMILES string of the molecule is CCC(N)=C(C=S)c1cc(F)cc(C(N)=O)c1. The van der Waals surface area contributed by atoms with Crippen molar-refractivity contribution in [2.75, 3.05) is 0 Å². The molecule has 0 aromatic heterocycles. The molecule has 0 aliphatic carbocycles. The molecule has 0 fully saturated rings. The average molecular weight is 252 g/mol. The first-order valence-electron chi connectivity index (χ1n) is 5.04. The Hall–Kier alpha value is -1.75. The number of carbonyl (C=O) groups is 1. The van der Waals surface area contributed by atoms with Crippen LogP contribution in [-0.4, -0.2) is 11.3 Å². The summed E-state index contributed by atoms with van der Waals surface area (Å²) >= 11 is 4.85. The Morgan fingerprint density at radius 3 is 2.41 bits per heavy atom. The molecule has 0 heterocycles. The fourth-order valence-corrected chi connectivity index (χ4v) is 1.69. The molecule has 0 spiro atoms. The number of benzene rings is 1. The van der Waals surface area contributed by atoms with Crippen molar-refractivity contribution < 1.29 is 9.18 Å². The highest BCUT2D eigenvalue weighted by Crippen LogP contribution is 2.19. The van der Waals surface area contributed by atoms with Gasteiger partial charge in [0, 0.05) is 22.2 Å². The van der Waals surface area contributed by atoms with Gasteiger partial charge in [0.2, 0.25) is 5.91 Å². The summed E-state index contributed by atoms with van der Waals surface area (Å²) in [7, 11) is 0. The van der Waals surface area contributed by atoms with Crippen molar-refractivity contribution in [3.05, 3.63) is 40.8 Å². The molecule has 1 aromatic rings. The molecule has 1 amide bonds. The minimum atomic E-state index is -0.690. The van der Waals surface area contributed by atoms with E-state index >= 15 is 0 Å². The summed E-state index contributed by atoms with van der Waals surface area (Å²) in [5.74, 6) is -1.24. The van der Waals surface area contributed by atoms with Crippen LogP contribution in [0, 0.1) is 5.82 Å². The van der Waals surface area contributed by atoms with Crippen LogP contribution in [-0.2, 0) is 0 Å². The number of nitrogens with two attached hydrogens (primary N) is 2. The van der Waals surface area contributed by atoms with E-state index in [1.807, 2.05) is 6.92 Å². The molecule has 0 saturated heterocycles. The summed E-state index contributed by atoms with van der Waals surface area (Å²) < 4.78 is 13.3. The summed E-state index contributed by atoms with van der Waals surface area (Å²) in [5.41, 5.74) is 12.5. The topological polar surface area (TPSA) is 69.1 Å². The summed E-state index contributed by atoms with van der Waals surface area (Å²) in [6.07, 6.45) is 0.588. The highest BCUT2D eigenvalue weighted by molar-refractivity contribution is 7.79. The van der Waals surface area contributed by atoms with Gasteiger partial charge in [0.25, 0.3) is 0 Å². The standard InChI is InChI=1S/C12H13FN2OS/c1-2-11(14)10(6-17)7-3-8(12(15)16)5-9(13)4-7/h3-6H,2,14H2,1H3,(H2,15,16). The van der Waals surface area contributed by atoms with Gasteiger partial charge < -0.3 is 11.5 Å². The molecule has 0 atom stereocenters. The Labute approximate surface area is 104 Å². The molecule has 0 saturated carbocycles. The fraction of sp³-hybridized carbons (Fsp3) is 0.167. The zero-order valence-electron chi connectivity index (χ0n) is 9.37. The maximum atomic E-state index is 13.3. The average Bonchev–Trinajstić information content (AvgIpc) is 2.28. The highest BCUT2D eigenvalue weighted by Gasteiger charge is 2.09. The molecule has 90 valence electrons. The summed E-state index contributed by atoms with van der Waals surface area (Å²) in [6, 6.07) is 3.83. The van der Waals surface area contributed by atoms with Gasteiger partial charge in [0.05, 0.1) is 0 Å². The zero-order valence-corrected chi connectivity index (χ0v) is 10.2. The number of carbonyl (C=O) groups excluding carboxylic acids is 1. The summed E-state index contributed by atoms with van der Waals surface area (Å²) in [4.78, 5) is 11.0. The first-order valence-corrected chi connectivity index (χ1v) is 5.51. The predicted octanol–water partition coefficient (Wildman–Crippen LogP) is 2.00. The lowest BCUT2D eigenvalue weighted by Gasteiger charge is -2.08. The van der Waals surface area contributed by atoms with Crippen LogP contribution in [0.25, 0.3) is 5.57 Å². The molecule has 4 N–H and O–H groups in total. The predicted molar refractivity (Wildman–Crippen MR) is 70.0 cm³/mol. The molecule has 1 rings (SSSR count). The molecule has 0 aliphatic rings. The van der Waals surface area contributed by atoms with Crippen LogP contribution in [0.4, 0.5) is 4.39 Å². The Morgan fingerprint density at radius 2 is 1.94 bits per heavy atom. The molecule has 5 heteroatoms. The van der Waals surface area contributed by atoms with Crippen LogP contribution in [0.2, 0.25) is 0 Å². The first kappa shape index (κ1) is 13.3. The number of allylic oxidation sites excluding steroid dienone is 2. The third-order valence-electron chi connectivity index (χ3n) is 2.34. The second-order valence-corrected chi connectivity index (χ2v) is 3.74. The minimum Gasteiger partial charge on any atom is -0.402 e. The largest absolute Gasteiger partial charge is 0.402 e. The van der Waals surface area contributed by atoms with Crippen LogP contribution in [0.15, 0.2) is 23.9 Å². The van der Waals surface area contributed by atoms with Gasteiger partial charge in [-0.3, -0.25) is 4.79 Å². The second-order valence-electron chi connectivity index (χ2n) is 3.50. The van der Waals surface area contributed by atoms with Gasteiger partial charge in [-0.05, 0) is 30.2 Å². The molecule has 0 radical (unpaired) electrons. The normalized spacial score (nSPS) is 11.9. The highest BCUT2D eigenvalue weighted by atomic mass is 32.1. The molecular formula is C12H13FN2OS. The van der Waals surface area contributed by atoms with E-state index in [0.717, 1.165) is 6.07 Å². The lowest BCUT2D eigenvalue weighted by molar-refractivity contribution is 0.1000. The molecule has 0 aliphatic heterocycles. The molecule has 17 heavy (non-hydrogen) atoms. The number of rotatable bonds is 4. The van der Waals surface area contributed by atoms with Crippen molar-refractivity contribution in [1.29, 1.82) is 0 Å². The Morgan fingerprint density at radius 1 is 1.35 bits per heavy atom. The quantitative estimate of drug-likeness (QED) is 0.636. The molecule has 3 nitrogen and oxygen atoms in total. The van der Waals surface area contributed by atoms with Crippen LogP contribution >= 0.6 is 12.2 Å². The smallest absolute Gasteiger partial charge is 0.248 e. The molecular weight excluding hydrogens is 239 g/mol. The maximum absolute atomic E-state index is 13.3. The van der Waals surface area contributed by atoms with Gasteiger partial charge in [0.15, 0.2) is 0 Å². The lowest BCUT2D eigenvalue weighted by Crippen LogP contribution is -2.12. The second kappa shape index (κ2) is 5.54. The van der Waals surface area contributed by atoms with Crippen molar-refractivity contribution in [2.45, 2.75) is 13.3 Å². The van der Waals surface area contributed by atoms with Crippen LogP contribution in [0.5, 0.6) is 0 Å². The van der Waals surface area contributed by atoms with Crippen molar-refractivity contribution in [2.24, 2.45) is 11.5 Å². The first-order chi connectivity index (χ1) is 7.99. The van der Waals surface area contributed by atoms with Gasteiger partial charge in [-0.25, -0.2) is 4.39 Å². The van der Waals surface area contributed by atoms with Gasteiger partial charge in [-0.2, -0.15) is 0 Å². The van der Waals surface area contributed by atoms with Crippen LogP contribution in [0.1, 0.15) is 29.3 Å². The van der Waals surface area contributed by atoms with Gasteiger partial charge in [-0.1, -0.05) is 19.1 Å². The number of primary amides is 1. The van der Waals surface area contributed by atoms with Gasteiger partial charge in [-0.15, -0.1) is 0 Å². The van der Waals surface area contributed by atoms with E-state index in [1.54, 1.807) is 0 Å². The zero-order chi connectivity index (χ0) is 13.0. The fourth-order valence-electron chi connectivity index (χ4n) is 1.41. The van der Waals surface area contributed by atoms with E-state index in [-0.39, 0.29) is 5.56 Å². The minimum absolute atomic E-state index is 0.0956. The third-order valence-corrected chi connectivity index (χ3v) is 2.57. The number of hydrogen-bond acceptors (Lipinski definition) is 3. The molecule has 0 bridgehead atoms. The number of hydrogen-bond donors (Lipinski definition) is 2. The van der Waals surface area contributed by atoms with E-state index in [9.17, 15) is 9.18 Å². The summed E-state index contributed by atoms with van der Waals surface area (Å²) in [6.45, 7) is 1.86. The Bertz CT molecular complexity index is 497. The maximum Gasteiger partial charge on any atom is 0.248 e. The molecule has 0 unspecified atom stereocenters. The number of thiocarbonyl (C=S) groups is 1. The van der Waals surface area contributed by atoms with Crippen molar-refractivity contribution in [3.8, 4) is 0 Å². The van der Waals surface area contributed by atoms with Crippen molar-refractivity contribution in [1.82, 2.24) is 0 Å². The molecule has 1 aromatic carbocycles. The third kappa shape index (κ3) is 3.10. The summed E-state index contributed by atoms with van der Waals surface area (Å²) in [5, 5.41) is 1.37. The Balaban J connectivity index is 3.40. The van der Waals surface area contributed by atoms with E-state index in [2.05, 4.69) is 0 Å². The lowest BCUT2D eigenvalue weighted by atomic mass is 10.0. The van der Waals surface area contributed by atoms with E-state index in [1.165, 1.54) is 17.5 Å². The number of halogens is 1. The van der Waals surface area contributed by atoms with Gasteiger partial charge >= 0.3 is 0 Å².